The molecule has 5 nitrogen and oxygen atoms in total. The molecule has 170 valence electrons. The van der Waals surface area contributed by atoms with Gasteiger partial charge in [0.2, 0.25) is 11.8 Å². The minimum atomic E-state index is -0.349. The first-order valence-corrected chi connectivity index (χ1v) is 11.1. The predicted molar refractivity (Wildman–Crippen MR) is 125 cm³/mol. The van der Waals surface area contributed by atoms with Crippen molar-refractivity contribution >= 4 is 11.8 Å². The molecule has 0 aliphatic carbocycles. The van der Waals surface area contributed by atoms with Crippen LogP contribution in [-0.4, -0.2) is 43.5 Å². The number of ether oxygens (including phenoxy) is 1. The lowest BCUT2D eigenvalue weighted by atomic mass is 9.95. The van der Waals surface area contributed by atoms with Crippen molar-refractivity contribution < 1.29 is 18.7 Å². The topological polar surface area (TPSA) is 58.6 Å². The lowest BCUT2D eigenvalue weighted by molar-refractivity contribution is -0.131. The van der Waals surface area contributed by atoms with Crippen molar-refractivity contribution in [3.8, 4) is 16.9 Å². The molecule has 2 amide bonds. The van der Waals surface area contributed by atoms with Gasteiger partial charge in [0.25, 0.3) is 0 Å². The molecule has 33 heavy (non-hydrogen) atoms. The van der Waals surface area contributed by atoms with E-state index < -0.39 is 0 Å². The Kier molecular flexibility index (Phi) is 7.03. The quantitative estimate of drug-likeness (QED) is 0.626. The Labute approximate surface area is 193 Å². The fourth-order valence-electron chi connectivity index (χ4n) is 4.21. The molecule has 1 aliphatic heterocycles. The van der Waals surface area contributed by atoms with Gasteiger partial charge in [-0.05, 0) is 41.3 Å². The number of hydrogen-bond acceptors (Lipinski definition) is 3. The SMILES string of the molecule is COc1ccccc1CC(=O)N1CCNC(=O)[C@H](Cc2cccc(-c3ccc(F)cc3)c2)C1. The zero-order valence-corrected chi connectivity index (χ0v) is 18.6. The number of nitrogens with zero attached hydrogens (tertiary/aromatic N) is 1. The molecule has 1 atom stereocenters. The highest BCUT2D eigenvalue weighted by atomic mass is 19.1. The highest BCUT2D eigenvalue weighted by Crippen LogP contribution is 2.23. The molecule has 3 aromatic rings. The molecule has 0 aromatic heterocycles. The highest BCUT2D eigenvalue weighted by Gasteiger charge is 2.28. The normalized spacial score (nSPS) is 16.1. The summed E-state index contributed by atoms with van der Waals surface area (Å²) < 4.78 is 18.6. The molecule has 0 bridgehead atoms. The Morgan fingerprint density at radius 2 is 1.85 bits per heavy atom. The summed E-state index contributed by atoms with van der Waals surface area (Å²) in [6, 6.07) is 21.7. The molecule has 0 radical (unpaired) electrons. The van der Waals surface area contributed by atoms with Gasteiger partial charge in [-0.15, -0.1) is 0 Å². The number of carbonyl (C=O) groups excluding carboxylic acids is 2. The maximum atomic E-state index is 13.3. The van der Waals surface area contributed by atoms with Crippen LogP contribution in [-0.2, 0) is 22.4 Å². The van der Waals surface area contributed by atoms with E-state index >= 15 is 0 Å². The number of rotatable bonds is 6. The summed E-state index contributed by atoms with van der Waals surface area (Å²) in [5.41, 5.74) is 3.70. The van der Waals surface area contributed by atoms with Gasteiger partial charge < -0.3 is 15.0 Å². The Balaban J connectivity index is 1.48. The van der Waals surface area contributed by atoms with Crippen LogP contribution in [0.5, 0.6) is 5.75 Å². The van der Waals surface area contributed by atoms with Crippen LogP contribution in [0.3, 0.4) is 0 Å². The maximum Gasteiger partial charge on any atom is 0.227 e. The van der Waals surface area contributed by atoms with Crippen molar-refractivity contribution in [2.24, 2.45) is 5.92 Å². The summed E-state index contributed by atoms with van der Waals surface area (Å²) in [6.07, 6.45) is 0.740. The Morgan fingerprint density at radius 3 is 2.64 bits per heavy atom. The molecule has 1 heterocycles. The van der Waals surface area contributed by atoms with Gasteiger partial charge in [-0.25, -0.2) is 4.39 Å². The first kappa shape index (κ1) is 22.5. The smallest absolute Gasteiger partial charge is 0.227 e. The van der Waals surface area contributed by atoms with Gasteiger partial charge in [-0.1, -0.05) is 54.6 Å². The van der Waals surface area contributed by atoms with Crippen LogP contribution < -0.4 is 10.1 Å². The Hall–Kier alpha value is -3.67. The number of methoxy groups -OCH3 is 1. The number of para-hydroxylation sites is 1. The number of carbonyl (C=O) groups is 2. The standard InChI is InChI=1S/C27H27FN2O3/c1-33-25-8-3-2-6-22(25)17-26(31)30-14-13-29-27(32)23(18-30)16-19-5-4-7-21(15-19)20-9-11-24(28)12-10-20/h2-12,15,23H,13-14,16-18H2,1H3,(H,29,32)/t23-/m1/s1. The van der Waals surface area contributed by atoms with Crippen LogP contribution in [0.15, 0.2) is 72.8 Å². The Bertz CT molecular complexity index is 1130. The largest absolute Gasteiger partial charge is 0.496 e. The highest BCUT2D eigenvalue weighted by molar-refractivity contribution is 5.83. The number of halogens is 1. The van der Waals surface area contributed by atoms with Crippen LogP contribution >= 0.6 is 0 Å². The molecule has 1 aliphatic rings. The molecule has 1 N–H and O–H groups in total. The molecule has 6 heteroatoms. The van der Waals surface area contributed by atoms with Gasteiger partial charge in [-0.2, -0.15) is 0 Å². The van der Waals surface area contributed by atoms with E-state index in [0.717, 1.165) is 22.3 Å². The second kappa shape index (κ2) is 10.3. The average molecular weight is 447 g/mol. The second-order valence-corrected chi connectivity index (χ2v) is 8.23. The molecule has 4 rings (SSSR count). The molecule has 1 fully saturated rings. The van der Waals surface area contributed by atoms with E-state index in [1.54, 1.807) is 24.1 Å². The van der Waals surface area contributed by atoms with Gasteiger partial charge in [0.1, 0.15) is 11.6 Å². The van der Waals surface area contributed by atoms with Crippen LogP contribution in [0.25, 0.3) is 11.1 Å². The number of nitrogens with one attached hydrogen (secondary N) is 1. The van der Waals surface area contributed by atoms with Crippen molar-refractivity contribution in [2.45, 2.75) is 12.8 Å². The number of amides is 2. The predicted octanol–water partition coefficient (Wildman–Crippen LogP) is 3.86. The zero-order chi connectivity index (χ0) is 23.2. The monoisotopic (exact) mass is 446 g/mol. The molecule has 0 unspecified atom stereocenters. The van der Waals surface area contributed by atoms with Crippen molar-refractivity contribution in [1.29, 1.82) is 0 Å². The third-order valence-corrected chi connectivity index (χ3v) is 5.97. The average Bonchev–Trinajstić information content (AvgIpc) is 3.01. The summed E-state index contributed by atoms with van der Waals surface area (Å²) in [5, 5.41) is 2.94. The van der Waals surface area contributed by atoms with Crippen LogP contribution in [0, 0.1) is 11.7 Å². The van der Waals surface area contributed by atoms with Crippen molar-refractivity contribution in [3.05, 3.63) is 89.7 Å². The third-order valence-electron chi connectivity index (χ3n) is 5.97. The van der Waals surface area contributed by atoms with Crippen molar-refractivity contribution in [1.82, 2.24) is 10.2 Å². The molecule has 3 aromatic carbocycles. The van der Waals surface area contributed by atoms with E-state index in [9.17, 15) is 14.0 Å². The van der Waals surface area contributed by atoms with Crippen LogP contribution in [0.1, 0.15) is 11.1 Å². The number of hydrogen-bond donors (Lipinski definition) is 1. The third kappa shape index (κ3) is 5.58. The second-order valence-electron chi connectivity index (χ2n) is 8.23. The first-order valence-electron chi connectivity index (χ1n) is 11.1. The Morgan fingerprint density at radius 1 is 1.06 bits per heavy atom. The summed E-state index contributed by atoms with van der Waals surface area (Å²) in [5.74, 6) is -0.0135. The molecular formula is C27H27FN2O3. The first-order chi connectivity index (χ1) is 16.0. The molecule has 0 saturated carbocycles. The fraction of sp³-hybridized carbons (Fsp3) is 0.259. The molecule has 0 spiro atoms. The van der Waals surface area contributed by atoms with Crippen LogP contribution in [0.2, 0.25) is 0 Å². The van der Waals surface area contributed by atoms with E-state index in [2.05, 4.69) is 5.32 Å². The van der Waals surface area contributed by atoms with E-state index in [4.69, 9.17) is 4.74 Å². The van der Waals surface area contributed by atoms with Gasteiger partial charge in [0, 0.05) is 25.2 Å². The van der Waals surface area contributed by atoms with Crippen LogP contribution in [0.4, 0.5) is 4.39 Å². The molecular weight excluding hydrogens is 419 g/mol. The van der Waals surface area contributed by atoms with E-state index in [0.29, 0.717) is 31.8 Å². The lowest BCUT2D eigenvalue weighted by Crippen LogP contribution is -2.38. The number of benzene rings is 3. The zero-order valence-electron chi connectivity index (χ0n) is 18.6. The minimum Gasteiger partial charge on any atom is -0.496 e. The summed E-state index contributed by atoms with van der Waals surface area (Å²) >= 11 is 0. The minimum absolute atomic E-state index is 0.0268. The van der Waals surface area contributed by atoms with E-state index in [-0.39, 0.29) is 30.0 Å². The van der Waals surface area contributed by atoms with Crippen molar-refractivity contribution in [2.75, 3.05) is 26.7 Å². The van der Waals surface area contributed by atoms with E-state index in [1.807, 2.05) is 48.5 Å². The summed E-state index contributed by atoms with van der Waals surface area (Å²) in [4.78, 5) is 27.6. The van der Waals surface area contributed by atoms with Crippen molar-refractivity contribution in [3.63, 3.8) is 0 Å². The maximum absolute atomic E-state index is 13.3. The fourth-order valence-corrected chi connectivity index (χ4v) is 4.21. The van der Waals surface area contributed by atoms with Gasteiger partial charge in [0.15, 0.2) is 0 Å². The summed E-state index contributed by atoms with van der Waals surface area (Å²) in [6.45, 7) is 1.27. The lowest BCUT2D eigenvalue weighted by Gasteiger charge is -2.24. The summed E-state index contributed by atoms with van der Waals surface area (Å²) in [7, 11) is 1.59. The molecule has 1 saturated heterocycles. The van der Waals surface area contributed by atoms with E-state index in [1.165, 1.54) is 12.1 Å². The van der Waals surface area contributed by atoms with Gasteiger partial charge >= 0.3 is 0 Å². The van der Waals surface area contributed by atoms with Gasteiger partial charge in [-0.3, -0.25) is 9.59 Å². The van der Waals surface area contributed by atoms with Gasteiger partial charge in [0.05, 0.1) is 19.4 Å².